The highest BCUT2D eigenvalue weighted by atomic mass is 19.2. The number of benzene rings is 1. The fourth-order valence-corrected chi connectivity index (χ4v) is 4.01. The first-order valence-electron chi connectivity index (χ1n) is 8.81. The van der Waals surface area contributed by atoms with E-state index >= 15 is 0 Å². The fourth-order valence-electron chi connectivity index (χ4n) is 4.01. The minimum atomic E-state index is -0.761. The molecule has 1 aromatic rings. The van der Waals surface area contributed by atoms with Crippen LogP contribution in [0.15, 0.2) is 6.07 Å². The van der Waals surface area contributed by atoms with Crippen molar-refractivity contribution in [3.8, 4) is 5.75 Å². The number of hydrogen-bond donors (Lipinski definition) is 0. The fraction of sp³-hybridized carbons (Fsp3) is 0.684. The van der Waals surface area contributed by atoms with Gasteiger partial charge in [-0.05, 0) is 74.0 Å². The van der Waals surface area contributed by atoms with Gasteiger partial charge in [-0.1, -0.05) is 20.3 Å². The van der Waals surface area contributed by atoms with Gasteiger partial charge in [0.25, 0.3) is 0 Å². The molecular weight excluding hydrogens is 282 g/mol. The van der Waals surface area contributed by atoms with Gasteiger partial charge in [-0.25, -0.2) is 4.39 Å². The molecule has 3 heteroatoms. The summed E-state index contributed by atoms with van der Waals surface area (Å²) >= 11 is 0. The summed E-state index contributed by atoms with van der Waals surface area (Å²) in [5.74, 6) is -0.331. The van der Waals surface area contributed by atoms with Crippen molar-refractivity contribution in [1.82, 2.24) is 0 Å². The Labute approximate surface area is 132 Å². The average molecular weight is 308 g/mol. The van der Waals surface area contributed by atoms with E-state index in [-0.39, 0.29) is 17.8 Å². The van der Waals surface area contributed by atoms with Gasteiger partial charge in [0.15, 0.2) is 11.6 Å². The Balaban J connectivity index is 1.86. The Morgan fingerprint density at radius 3 is 2.36 bits per heavy atom. The molecule has 1 unspecified atom stereocenters. The highest BCUT2D eigenvalue weighted by Gasteiger charge is 2.30. The van der Waals surface area contributed by atoms with E-state index in [9.17, 15) is 8.78 Å². The first-order chi connectivity index (χ1) is 10.6. The van der Waals surface area contributed by atoms with E-state index < -0.39 is 11.6 Å². The summed E-state index contributed by atoms with van der Waals surface area (Å²) in [5.41, 5.74) is 1.44. The van der Waals surface area contributed by atoms with E-state index in [0.29, 0.717) is 5.56 Å². The van der Waals surface area contributed by atoms with Crippen LogP contribution in [0.4, 0.5) is 8.78 Å². The second-order valence-electron chi connectivity index (χ2n) is 6.89. The summed E-state index contributed by atoms with van der Waals surface area (Å²) in [4.78, 5) is 0. The Morgan fingerprint density at radius 1 is 1.00 bits per heavy atom. The maximum absolute atomic E-state index is 14.5. The lowest BCUT2D eigenvalue weighted by Gasteiger charge is -2.31. The van der Waals surface area contributed by atoms with Gasteiger partial charge in [0.1, 0.15) is 0 Å². The van der Waals surface area contributed by atoms with E-state index in [2.05, 4.69) is 6.92 Å². The second kappa shape index (κ2) is 6.55. The van der Waals surface area contributed by atoms with Gasteiger partial charge in [-0.3, -0.25) is 0 Å². The normalized spacial score (nSPS) is 28.1. The summed E-state index contributed by atoms with van der Waals surface area (Å²) < 4.78 is 34.6. The minimum absolute atomic E-state index is 0.0206. The number of rotatable bonds is 3. The summed E-state index contributed by atoms with van der Waals surface area (Å²) in [5, 5.41) is 0. The molecule has 0 N–H and O–H groups in total. The monoisotopic (exact) mass is 308 g/mol. The molecule has 1 aliphatic heterocycles. The molecular formula is C19H26F2O. The molecule has 1 saturated carbocycles. The smallest absolute Gasteiger partial charge is 0.201 e. The van der Waals surface area contributed by atoms with Crippen molar-refractivity contribution in [3.05, 3.63) is 28.8 Å². The van der Waals surface area contributed by atoms with E-state index in [1.165, 1.54) is 6.42 Å². The molecule has 0 amide bonds. The maximum Gasteiger partial charge on any atom is 0.201 e. The number of halogens is 2. The van der Waals surface area contributed by atoms with Gasteiger partial charge in [-0.2, -0.15) is 4.39 Å². The zero-order valence-corrected chi connectivity index (χ0v) is 13.6. The van der Waals surface area contributed by atoms with Gasteiger partial charge in [0.2, 0.25) is 5.82 Å². The molecule has 0 aromatic heterocycles. The maximum atomic E-state index is 14.5. The molecule has 0 spiro atoms. The molecule has 1 aromatic carbocycles. The first kappa shape index (κ1) is 15.8. The van der Waals surface area contributed by atoms with Crippen LogP contribution < -0.4 is 4.74 Å². The molecule has 1 atom stereocenters. The van der Waals surface area contributed by atoms with Crippen LogP contribution in [0, 0.1) is 17.6 Å². The topological polar surface area (TPSA) is 9.23 Å². The Bertz CT molecular complexity index is 533. The van der Waals surface area contributed by atoms with Crippen molar-refractivity contribution in [2.45, 2.75) is 77.2 Å². The predicted octanol–water partition coefficient (Wildman–Crippen LogP) is 5.75. The van der Waals surface area contributed by atoms with Crippen LogP contribution >= 0.6 is 0 Å². The summed E-state index contributed by atoms with van der Waals surface area (Å²) in [6.07, 6.45) is 7.97. The highest BCUT2D eigenvalue weighted by Crippen LogP contribution is 2.42. The van der Waals surface area contributed by atoms with E-state index in [0.717, 1.165) is 56.4 Å². The molecule has 1 nitrogen and oxygen atoms in total. The molecule has 3 rings (SSSR count). The molecule has 0 radical (unpaired) electrons. The lowest BCUT2D eigenvalue weighted by molar-refractivity contribution is 0.158. The summed E-state index contributed by atoms with van der Waals surface area (Å²) in [6, 6.07) is 1.89. The van der Waals surface area contributed by atoms with Crippen LogP contribution in [0.25, 0.3) is 0 Å². The quantitative estimate of drug-likeness (QED) is 0.690. The van der Waals surface area contributed by atoms with Gasteiger partial charge < -0.3 is 4.74 Å². The van der Waals surface area contributed by atoms with Crippen molar-refractivity contribution < 1.29 is 13.5 Å². The van der Waals surface area contributed by atoms with Crippen molar-refractivity contribution in [2.24, 2.45) is 5.92 Å². The van der Waals surface area contributed by atoms with Gasteiger partial charge in [-0.15, -0.1) is 0 Å². The zero-order valence-electron chi connectivity index (χ0n) is 13.6. The SMILES string of the molecule is CCC1CCc2cc([C@H]3CC[C@H](CC)CC3)c(F)c(F)c2O1. The van der Waals surface area contributed by atoms with Crippen LogP contribution in [-0.2, 0) is 6.42 Å². The average Bonchev–Trinajstić information content (AvgIpc) is 2.58. The largest absolute Gasteiger partial charge is 0.487 e. The highest BCUT2D eigenvalue weighted by molar-refractivity contribution is 5.42. The molecule has 22 heavy (non-hydrogen) atoms. The van der Waals surface area contributed by atoms with Crippen LogP contribution in [0.3, 0.4) is 0 Å². The zero-order chi connectivity index (χ0) is 15.7. The molecule has 1 aliphatic carbocycles. The standard InChI is InChI=1S/C19H26F2O/c1-3-12-5-7-13(8-6-12)16-11-14-9-10-15(4-2)22-19(14)18(21)17(16)20/h11-13,15H,3-10H2,1-2H3/t12-,13-,15?. The first-order valence-corrected chi connectivity index (χ1v) is 8.81. The van der Waals surface area contributed by atoms with Crippen molar-refractivity contribution in [3.63, 3.8) is 0 Å². The van der Waals surface area contributed by atoms with E-state index in [1.54, 1.807) is 0 Å². The van der Waals surface area contributed by atoms with Crippen LogP contribution in [0.5, 0.6) is 5.75 Å². The van der Waals surface area contributed by atoms with Gasteiger partial charge in [0.05, 0.1) is 6.10 Å². The third-order valence-corrected chi connectivity index (χ3v) is 5.61. The molecule has 0 saturated heterocycles. The molecule has 122 valence electrons. The molecule has 0 bridgehead atoms. The molecule has 1 heterocycles. The second-order valence-corrected chi connectivity index (χ2v) is 6.89. The Hall–Kier alpha value is -1.12. The third-order valence-electron chi connectivity index (χ3n) is 5.61. The summed E-state index contributed by atoms with van der Waals surface area (Å²) in [6.45, 7) is 4.23. The Morgan fingerprint density at radius 2 is 1.73 bits per heavy atom. The van der Waals surface area contributed by atoms with Gasteiger partial charge >= 0.3 is 0 Å². The third kappa shape index (κ3) is 2.87. The Kier molecular flexibility index (Phi) is 4.70. The van der Waals surface area contributed by atoms with Crippen LogP contribution in [0.2, 0.25) is 0 Å². The van der Waals surface area contributed by atoms with E-state index in [1.807, 2.05) is 13.0 Å². The number of ether oxygens (including phenoxy) is 1. The minimum Gasteiger partial charge on any atom is -0.487 e. The van der Waals surface area contributed by atoms with E-state index in [4.69, 9.17) is 4.74 Å². The lowest BCUT2D eigenvalue weighted by atomic mass is 9.77. The molecule has 1 fully saturated rings. The number of hydrogen-bond acceptors (Lipinski definition) is 1. The van der Waals surface area contributed by atoms with Crippen LogP contribution in [-0.4, -0.2) is 6.10 Å². The molecule has 2 aliphatic rings. The van der Waals surface area contributed by atoms with Gasteiger partial charge in [0, 0.05) is 0 Å². The number of aryl methyl sites for hydroxylation is 1. The van der Waals surface area contributed by atoms with Crippen molar-refractivity contribution in [1.29, 1.82) is 0 Å². The predicted molar refractivity (Wildman–Crippen MR) is 84.4 cm³/mol. The lowest BCUT2D eigenvalue weighted by Crippen LogP contribution is -2.24. The summed E-state index contributed by atoms with van der Waals surface area (Å²) in [7, 11) is 0. The van der Waals surface area contributed by atoms with Crippen LogP contribution in [0.1, 0.15) is 75.8 Å². The number of fused-ring (bicyclic) bond motifs is 1. The van der Waals surface area contributed by atoms with Crippen molar-refractivity contribution >= 4 is 0 Å². The van der Waals surface area contributed by atoms with Crippen molar-refractivity contribution in [2.75, 3.05) is 0 Å².